The van der Waals surface area contributed by atoms with Crippen molar-refractivity contribution in [1.29, 1.82) is 0 Å². The zero-order valence-electron chi connectivity index (χ0n) is 18.6. The number of anilines is 1. The van der Waals surface area contributed by atoms with E-state index in [2.05, 4.69) is 21.0 Å². The molecule has 0 aromatic heterocycles. The summed E-state index contributed by atoms with van der Waals surface area (Å²) in [6.07, 6.45) is 2.02. The lowest BCUT2D eigenvalue weighted by atomic mass is 10.1. The van der Waals surface area contributed by atoms with Gasteiger partial charge < -0.3 is 9.47 Å². The Bertz CT molecular complexity index is 1190. The van der Waals surface area contributed by atoms with Gasteiger partial charge in [0.1, 0.15) is 5.69 Å². The van der Waals surface area contributed by atoms with Crippen LogP contribution in [0.4, 0.5) is 27.6 Å². The van der Waals surface area contributed by atoms with Crippen molar-refractivity contribution >= 4 is 39.3 Å². The Morgan fingerprint density at radius 2 is 1.65 bits per heavy atom. The maximum Gasteiger partial charge on any atom is 0.280 e. The fraction of sp³-hybridized carbons (Fsp3) is 0.304. The Balaban J connectivity index is 2.05. The number of halogens is 6. The van der Waals surface area contributed by atoms with E-state index in [9.17, 15) is 26.7 Å². The van der Waals surface area contributed by atoms with Gasteiger partial charge in [-0.05, 0) is 66.9 Å². The molecule has 0 unspecified atom stereocenters. The second-order valence-electron chi connectivity index (χ2n) is 7.38. The number of benzene rings is 2. The predicted molar refractivity (Wildman–Crippen MR) is 120 cm³/mol. The second kappa shape index (κ2) is 10.1. The number of amides is 1. The summed E-state index contributed by atoms with van der Waals surface area (Å²) in [5.74, 6) is -11.2. The third kappa shape index (κ3) is 4.66. The molecule has 0 radical (unpaired) electrons. The number of nitrogens with zero attached hydrogens (tertiary/aromatic N) is 2. The van der Waals surface area contributed by atoms with Crippen LogP contribution in [0.1, 0.15) is 39.7 Å². The molecule has 11 heteroatoms. The van der Waals surface area contributed by atoms with Gasteiger partial charge in [-0.1, -0.05) is 6.92 Å². The molecule has 2 aromatic rings. The number of ether oxygens (including phenoxy) is 2. The summed E-state index contributed by atoms with van der Waals surface area (Å²) in [5, 5.41) is 3.89. The summed E-state index contributed by atoms with van der Waals surface area (Å²) in [7, 11) is 0. The Kier molecular flexibility index (Phi) is 7.64. The molecule has 0 saturated heterocycles. The lowest BCUT2D eigenvalue weighted by Crippen LogP contribution is -2.25. The largest absolute Gasteiger partial charge is 0.490 e. The number of rotatable bonds is 7. The molecule has 3 rings (SSSR count). The minimum atomic E-state index is -2.32. The Morgan fingerprint density at radius 3 is 2.21 bits per heavy atom. The van der Waals surface area contributed by atoms with Gasteiger partial charge in [-0.15, -0.1) is 0 Å². The van der Waals surface area contributed by atoms with Gasteiger partial charge in [0.05, 0.1) is 28.5 Å². The minimum Gasteiger partial charge on any atom is -0.490 e. The average molecular weight is 547 g/mol. The molecule has 0 spiro atoms. The van der Waals surface area contributed by atoms with Gasteiger partial charge in [-0.3, -0.25) is 4.79 Å². The first kappa shape index (κ1) is 25.7. The van der Waals surface area contributed by atoms with Crippen LogP contribution in [0.3, 0.4) is 0 Å². The van der Waals surface area contributed by atoms with Crippen molar-refractivity contribution in [3.8, 4) is 11.5 Å². The third-order valence-corrected chi connectivity index (χ3v) is 5.59. The minimum absolute atomic E-state index is 0.0166. The molecule has 34 heavy (non-hydrogen) atoms. The van der Waals surface area contributed by atoms with Gasteiger partial charge in [0, 0.05) is 0 Å². The van der Waals surface area contributed by atoms with E-state index in [1.54, 1.807) is 19.1 Å². The maximum absolute atomic E-state index is 14.2. The van der Waals surface area contributed by atoms with Crippen molar-refractivity contribution in [2.24, 2.45) is 5.10 Å². The second-order valence-corrected chi connectivity index (χ2v) is 8.23. The molecule has 0 bridgehead atoms. The lowest BCUT2D eigenvalue weighted by Gasteiger charge is -2.18. The lowest BCUT2D eigenvalue weighted by molar-refractivity contribution is -0.114. The highest BCUT2D eigenvalue weighted by Gasteiger charge is 2.37. The molecule has 1 atom stereocenters. The summed E-state index contributed by atoms with van der Waals surface area (Å²) in [5.41, 5.74) is -1.08. The van der Waals surface area contributed by atoms with E-state index < -0.39 is 40.7 Å². The van der Waals surface area contributed by atoms with Gasteiger partial charge in [-0.2, -0.15) is 10.1 Å². The summed E-state index contributed by atoms with van der Waals surface area (Å²) >= 11 is 3.42. The highest BCUT2D eigenvalue weighted by Crippen LogP contribution is 2.39. The van der Waals surface area contributed by atoms with Crippen molar-refractivity contribution in [3.63, 3.8) is 0 Å². The van der Waals surface area contributed by atoms with Crippen LogP contribution in [0.2, 0.25) is 0 Å². The number of hydrazone groups is 1. The van der Waals surface area contributed by atoms with Gasteiger partial charge >= 0.3 is 0 Å². The number of carbonyl (C=O) groups is 1. The van der Waals surface area contributed by atoms with Crippen LogP contribution < -0.4 is 14.5 Å². The SMILES string of the molecule is CCOc1cc(/C=C2\C(=O)N(c3c(F)c(F)c(F)c(F)c3F)N=C2C)cc(Br)c1O[C@H](C)CC. The van der Waals surface area contributed by atoms with Crippen molar-refractivity contribution in [1.82, 2.24) is 0 Å². The van der Waals surface area contributed by atoms with Crippen LogP contribution in [0.15, 0.2) is 27.3 Å². The van der Waals surface area contributed by atoms with Crippen LogP contribution in [-0.2, 0) is 4.79 Å². The first-order valence-electron chi connectivity index (χ1n) is 10.3. The molecular weight excluding hydrogens is 527 g/mol. The van der Waals surface area contributed by atoms with Crippen LogP contribution >= 0.6 is 15.9 Å². The van der Waals surface area contributed by atoms with Crippen LogP contribution in [0.25, 0.3) is 6.08 Å². The van der Waals surface area contributed by atoms with Crippen molar-refractivity contribution < 1.29 is 36.2 Å². The van der Waals surface area contributed by atoms with Crippen molar-refractivity contribution in [2.75, 3.05) is 11.6 Å². The molecule has 0 saturated carbocycles. The summed E-state index contributed by atoms with van der Waals surface area (Å²) in [4.78, 5) is 12.9. The zero-order valence-corrected chi connectivity index (χ0v) is 20.2. The molecule has 0 N–H and O–H groups in total. The fourth-order valence-electron chi connectivity index (χ4n) is 3.11. The van der Waals surface area contributed by atoms with Gasteiger partial charge in [0.2, 0.25) is 5.82 Å². The molecule has 1 aliphatic heterocycles. The molecule has 1 amide bonds. The summed E-state index contributed by atoms with van der Waals surface area (Å²) in [6.45, 7) is 7.33. The monoisotopic (exact) mass is 546 g/mol. The van der Waals surface area contributed by atoms with Crippen molar-refractivity contribution in [3.05, 3.63) is 56.8 Å². The van der Waals surface area contributed by atoms with E-state index in [4.69, 9.17) is 9.47 Å². The Hall–Kier alpha value is -2.95. The molecular formula is C23H20BrF5N2O3. The fourth-order valence-corrected chi connectivity index (χ4v) is 3.67. The first-order valence-corrected chi connectivity index (χ1v) is 11.1. The van der Waals surface area contributed by atoms with Gasteiger partial charge in [-0.25, -0.2) is 22.0 Å². The highest BCUT2D eigenvalue weighted by molar-refractivity contribution is 9.10. The van der Waals surface area contributed by atoms with Crippen molar-refractivity contribution in [2.45, 2.75) is 40.2 Å². The maximum atomic E-state index is 14.2. The average Bonchev–Trinajstić information content (AvgIpc) is 3.06. The van der Waals surface area contributed by atoms with E-state index in [-0.39, 0.29) is 22.4 Å². The molecule has 1 heterocycles. The van der Waals surface area contributed by atoms with Crippen LogP contribution in [0.5, 0.6) is 11.5 Å². The topological polar surface area (TPSA) is 51.1 Å². The van der Waals surface area contributed by atoms with Crippen LogP contribution in [0, 0.1) is 29.1 Å². The molecule has 2 aromatic carbocycles. The molecule has 0 fully saturated rings. The third-order valence-electron chi connectivity index (χ3n) is 5.00. The normalized spacial score (nSPS) is 15.7. The zero-order chi connectivity index (χ0) is 25.3. The molecule has 0 aliphatic carbocycles. The van der Waals surface area contributed by atoms with E-state index in [1.165, 1.54) is 13.0 Å². The van der Waals surface area contributed by atoms with E-state index in [0.29, 0.717) is 28.1 Å². The molecule has 1 aliphatic rings. The smallest absolute Gasteiger partial charge is 0.280 e. The highest BCUT2D eigenvalue weighted by atomic mass is 79.9. The van der Waals surface area contributed by atoms with Crippen LogP contribution in [-0.4, -0.2) is 24.3 Å². The van der Waals surface area contributed by atoms with Gasteiger partial charge in [0.15, 0.2) is 34.8 Å². The quantitative estimate of drug-likeness (QED) is 0.172. The Labute approximate surface area is 201 Å². The Morgan fingerprint density at radius 1 is 1.06 bits per heavy atom. The van der Waals surface area contributed by atoms with E-state index in [0.717, 1.165) is 6.42 Å². The molecule has 5 nitrogen and oxygen atoms in total. The number of carbonyl (C=O) groups excluding carboxylic acids is 1. The predicted octanol–water partition coefficient (Wildman–Crippen LogP) is 6.53. The summed E-state index contributed by atoms with van der Waals surface area (Å²) in [6, 6.07) is 3.23. The molecule has 182 valence electrons. The van der Waals surface area contributed by atoms with E-state index >= 15 is 0 Å². The number of hydrogen-bond donors (Lipinski definition) is 0. The summed E-state index contributed by atoms with van der Waals surface area (Å²) < 4.78 is 81.2. The first-order chi connectivity index (χ1) is 16.0. The number of hydrogen-bond acceptors (Lipinski definition) is 4. The standard InChI is InChI=1S/C23H20BrF5N2O3/c1-5-10(3)34-22-14(24)8-12(9-15(22)33-6-2)7-13-11(4)30-31(23(13)32)21-19(28)17(26)16(25)18(27)20(21)29/h7-10H,5-6H2,1-4H3/b13-7-/t10-/m1/s1. The van der Waals surface area contributed by atoms with E-state index in [1.807, 2.05) is 13.8 Å². The van der Waals surface area contributed by atoms with Gasteiger partial charge in [0.25, 0.3) is 5.91 Å².